The Kier molecular flexibility index (Phi) is 11.5. The molecule has 10 heteroatoms. The number of ether oxygens (including phenoxy) is 2. The summed E-state index contributed by atoms with van der Waals surface area (Å²) in [4.78, 5) is 17.4. The first-order chi connectivity index (χ1) is 22.7. The number of amides is 1. The summed E-state index contributed by atoms with van der Waals surface area (Å²) >= 11 is 17.2. The number of carbonyl (C=O) groups is 1. The van der Waals surface area contributed by atoms with Crippen LogP contribution < -0.4 is 5.32 Å². The van der Waals surface area contributed by atoms with Crippen LogP contribution in [0.2, 0.25) is 0 Å². The molecular weight excluding hydrogens is 657 g/mol. The van der Waals surface area contributed by atoms with Crippen molar-refractivity contribution in [3.63, 3.8) is 0 Å². The summed E-state index contributed by atoms with van der Waals surface area (Å²) in [6.45, 7) is 8.02. The normalized spacial score (nSPS) is 25.7. The summed E-state index contributed by atoms with van der Waals surface area (Å²) in [6, 6.07) is 24.7. The minimum absolute atomic E-state index is 0.0117. The van der Waals surface area contributed by atoms with Crippen LogP contribution in [-0.4, -0.2) is 69.5 Å². The molecule has 6 rings (SSSR count). The highest BCUT2D eigenvalue weighted by Gasteiger charge is 2.41. The lowest BCUT2D eigenvalue weighted by atomic mass is 9.89. The summed E-state index contributed by atoms with van der Waals surface area (Å²) in [6.07, 6.45) is 4.37. The van der Waals surface area contributed by atoms with Crippen LogP contribution in [0.5, 0.6) is 0 Å². The average molecular weight is 701 g/mol. The topological polar surface area (TPSA) is 74.3 Å². The lowest BCUT2D eigenvalue weighted by Gasteiger charge is -2.43. The van der Waals surface area contributed by atoms with Crippen molar-refractivity contribution in [1.29, 1.82) is 0 Å². The van der Waals surface area contributed by atoms with Crippen LogP contribution in [0.15, 0.2) is 72.8 Å². The molecular formula is C37H44Cl3N3O4. The molecule has 0 bridgehead atoms. The van der Waals surface area contributed by atoms with Crippen LogP contribution in [0.1, 0.15) is 67.3 Å². The molecule has 3 fully saturated rings. The van der Waals surface area contributed by atoms with Crippen molar-refractivity contribution in [1.82, 2.24) is 15.1 Å². The quantitative estimate of drug-likeness (QED) is 0.218. The Morgan fingerprint density at radius 3 is 2.30 bits per heavy atom. The summed E-state index contributed by atoms with van der Waals surface area (Å²) < 4.78 is 11.5. The molecule has 7 nitrogen and oxygen atoms in total. The number of hydrogen-bond donors (Lipinski definition) is 2. The van der Waals surface area contributed by atoms with Crippen molar-refractivity contribution in [2.24, 2.45) is 5.92 Å². The standard InChI is InChI=1S/C37H44Cl3N3O4/c1-25-33(23-43-20-6-8-31(43)22-42-18-4-5-19-42)46-35(47-34(25)28-12-10-26(24-44)11-13-28)29-16-14-27(15-17-29)32-9-3-2-7-30(32)21-41-36(45)37(38,39)40/h2-3,7,9-17,25,31,33-35,44H,4-6,8,18-24H2,1H3,(H,41,45)/t25-,31-,33+,34+,35+/m0/s1. The summed E-state index contributed by atoms with van der Waals surface area (Å²) in [5.74, 6) is -0.534. The largest absolute Gasteiger partial charge is 0.392 e. The van der Waals surface area contributed by atoms with E-state index in [1.807, 2.05) is 36.4 Å². The van der Waals surface area contributed by atoms with Crippen LogP contribution in [0.4, 0.5) is 0 Å². The van der Waals surface area contributed by atoms with Gasteiger partial charge in [0.25, 0.3) is 9.70 Å². The summed E-state index contributed by atoms with van der Waals surface area (Å²) in [5, 5.41) is 12.3. The van der Waals surface area contributed by atoms with Crippen LogP contribution in [0.25, 0.3) is 11.1 Å². The molecule has 0 unspecified atom stereocenters. The summed E-state index contributed by atoms with van der Waals surface area (Å²) in [5.41, 5.74) is 5.78. The van der Waals surface area contributed by atoms with E-state index >= 15 is 0 Å². The molecule has 2 N–H and O–H groups in total. The highest BCUT2D eigenvalue weighted by Crippen LogP contribution is 2.43. The number of benzene rings is 3. The van der Waals surface area contributed by atoms with Crippen molar-refractivity contribution in [3.05, 3.63) is 95.1 Å². The molecule has 3 heterocycles. The zero-order valence-electron chi connectivity index (χ0n) is 26.8. The predicted octanol–water partition coefficient (Wildman–Crippen LogP) is 7.18. The molecule has 3 saturated heterocycles. The number of likely N-dealkylation sites (tertiary alicyclic amines) is 2. The Morgan fingerprint density at radius 1 is 0.894 bits per heavy atom. The van der Waals surface area contributed by atoms with Gasteiger partial charge in [-0.3, -0.25) is 9.69 Å². The van der Waals surface area contributed by atoms with Crippen LogP contribution in [0.3, 0.4) is 0 Å². The van der Waals surface area contributed by atoms with E-state index in [-0.39, 0.29) is 31.3 Å². The maximum atomic E-state index is 12.2. The zero-order valence-corrected chi connectivity index (χ0v) is 29.1. The fourth-order valence-corrected chi connectivity index (χ4v) is 7.42. The molecule has 47 heavy (non-hydrogen) atoms. The molecule has 0 aromatic heterocycles. The second-order valence-corrected chi connectivity index (χ2v) is 15.4. The van der Waals surface area contributed by atoms with Gasteiger partial charge in [-0.25, -0.2) is 0 Å². The molecule has 0 radical (unpaired) electrons. The van der Waals surface area contributed by atoms with Gasteiger partial charge in [0, 0.05) is 37.2 Å². The molecule has 0 spiro atoms. The fraction of sp³-hybridized carbons (Fsp3) is 0.486. The summed E-state index contributed by atoms with van der Waals surface area (Å²) in [7, 11) is 0. The molecule has 3 aromatic rings. The first-order valence-electron chi connectivity index (χ1n) is 16.7. The van der Waals surface area contributed by atoms with Gasteiger partial charge in [0.2, 0.25) is 0 Å². The van der Waals surface area contributed by atoms with Crippen molar-refractivity contribution in [2.45, 2.75) is 74.1 Å². The number of nitrogens with zero attached hydrogens (tertiary/aromatic N) is 2. The van der Waals surface area contributed by atoms with Crippen molar-refractivity contribution >= 4 is 40.7 Å². The second kappa shape index (κ2) is 15.6. The molecule has 3 aromatic carbocycles. The van der Waals surface area contributed by atoms with Crippen LogP contribution in [-0.2, 0) is 27.4 Å². The van der Waals surface area contributed by atoms with Crippen molar-refractivity contribution in [3.8, 4) is 11.1 Å². The Hall–Kier alpha value is -2.20. The van der Waals surface area contributed by atoms with Crippen molar-refractivity contribution < 1.29 is 19.4 Å². The third-order valence-electron chi connectivity index (χ3n) is 9.91. The first-order valence-corrected chi connectivity index (χ1v) is 17.8. The Labute approximate surface area is 293 Å². The molecule has 0 saturated carbocycles. The number of carbonyl (C=O) groups excluding carboxylic acids is 1. The molecule has 5 atom stereocenters. The van der Waals surface area contributed by atoms with Gasteiger partial charge in [0.05, 0.1) is 18.8 Å². The van der Waals surface area contributed by atoms with Gasteiger partial charge in [0.15, 0.2) is 6.29 Å². The molecule has 252 valence electrons. The third-order valence-corrected chi connectivity index (χ3v) is 10.4. The third kappa shape index (κ3) is 8.52. The number of alkyl halides is 3. The second-order valence-electron chi connectivity index (χ2n) is 13.1. The van der Waals surface area contributed by atoms with Gasteiger partial charge in [-0.05, 0) is 73.1 Å². The van der Waals surface area contributed by atoms with Gasteiger partial charge >= 0.3 is 0 Å². The number of aliphatic hydroxyl groups is 1. The van der Waals surface area contributed by atoms with E-state index in [4.69, 9.17) is 44.3 Å². The monoisotopic (exact) mass is 699 g/mol. The van der Waals surface area contributed by atoms with E-state index in [0.717, 1.165) is 53.0 Å². The van der Waals surface area contributed by atoms with E-state index in [1.165, 1.54) is 38.8 Å². The van der Waals surface area contributed by atoms with E-state index in [2.05, 4.69) is 58.4 Å². The number of rotatable bonds is 10. The predicted molar refractivity (Wildman–Crippen MR) is 187 cm³/mol. The van der Waals surface area contributed by atoms with Crippen molar-refractivity contribution in [2.75, 3.05) is 32.7 Å². The smallest absolute Gasteiger partial charge is 0.272 e. The number of aliphatic hydroxyl groups excluding tert-OH is 1. The number of nitrogens with one attached hydrogen (secondary N) is 1. The SMILES string of the molecule is C[C@H]1[C@@H](CN2CCC[C@H]2CN2CCCC2)O[C@@H](c2ccc(-c3ccccc3CNC(=O)C(Cl)(Cl)Cl)cc2)O[C@H]1c1ccc(CO)cc1. The van der Waals surface area contributed by atoms with Gasteiger partial charge in [-0.1, -0.05) is 115 Å². The Bertz CT molecular complexity index is 1480. The van der Waals surface area contributed by atoms with E-state index in [1.54, 1.807) is 0 Å². The van der Waals surface area contributed by atoms with Gasteiger partial charge in [0.1, 0.15) is 0 Å². The van der Waals surface area contributed by atoms with Crippen LogP contribution in [0, 0.1) is 5.92 Å². The number of halogens is 3. The van der Waals surface area contributed by atoms with E-state index < -0.39 is 16.0 Å². The minimum Gasteiger partial charge on any atom is -0.392 e. The average Bonchev–Trinajstić information content (AvgIpc) is 3.77. The first kappa shape index (κ1) is 34.7. The van der Waals surface area contributed by atoms with E-state index in [9.17, 15) is 9.90 Å². The van der Waals surface area contributed by atoms with Crippen LogP contribution >= 0.6 is 34.8 Å². The highest BCUT2D eigenvalue weighted by molar-refractivity contribution is 6.76. The Balaban J connectivity index is 1.22. The minimum atomic E-state index is -2.02. The molecule has 0 aliphatic carbocycles. The van der Waals surface area contributed by atoms with Gasteiger partial charge in [-0.15, -0.1) is 0 Å². The maximum Gasteiger partial charge on any atom is 0.272 e. The number of hydrogen-bond acceptors (Lipinski definition) is 6. The highest BCUT2D eigenvalue weighted by atomic mass is 35.6. The lowest BCUT2D eigenvalue weighted by molar-refractivity contribution is -0.276. The molecule has 3 aliphatic rings. The van der Waals surface area contributed by atoms with Gasteiger partial charge in [-0.2, -0.15) is 0 Å². The molecule has 3 aliphatic heterocycles. The fourth-order valence-electron chi connectivity index (χ4n) is 7.22. The van der Waals surface area contributed by atoms with Gasteiger partial charge < -0.3 is 24.8 Å². The maximum absolute atomic E-state index is 12.2. The Morgan fingerprint density at radius 2 is 1.60 bits per heavy atom. The van der Waals surface area contributed by atoms with E-state index in [0.29, 0.717) is 6.04 Å². The zero-order chi connectivity index (χ0) is 33.0. The lowest BCUT2D eigenvalue weighted by Crippen LogP contribution is -2.48. The molecule has 1 amide bonds.